The molecule has 0 aliphatic heterocycles. The Hall–Kier alpha value is -2.56. The molecule has 0 saturated carbocycles. The fraction of sp³-hybridized carbons (Fsp3) is 0.333. The number of hydrogen-bond acceptors (Lipinski definition) is 3. The van der Waals surface area contributed by atoms with Gasteiger partial charge in [0.15, 0.2) is 6.29 Å². The second-order valence-corrected chi connectivity index (χ2v) is 5.40. The second-order valence-electron chi connectivity index (χ2n) is 5.40. The highest BCUT2D eigenvalue weighted by Crippen LogP contribution is 2.35. The highest BCUT2D eigenvalue weighted by atomic mass is 16.5. The maximum Gasteiger partial charge on any atom is 0.231 e. The number of benzene rings is 1. The van der Waals surface area contributed by atoms with Crippen LogP contribution in [0, 0.1) is 13.8 Å². The number of anilines is 2. The van der Waals surface area contributed by atoms with Gasteiger partial charge in [-0.15, -0.1) is 0 Å². The smallest absolute Gasteiger partial charge is 0.231 e. The van der Waals surface area contributed by atoms with Crippen LogP contribution in [0.5, 0.6) is 5.75 Å². The normalized spacial score (nSPS) is 10.5. The van der Waals surface area contributed by atoms with Crippen LogP contribution in [0.2, 0.25) is 0 Å². The van der Waals surface area contributed by atoms with E-state index in [1.807, 2.05) is 56.7 Å². The minimum absolute atomic E-state index is 0.0237. The van der Waals surface area contributed by atoms with Crippen molar-refractivity contribution in [2.24, 2.45) is 7.05 Å². The minimum Gasteiger partial charge on any atom is -0.497 e. The summed E-state index contributed by atoms with van der Waals surface area (Å²) in [5, 5.41) is 0. The Kier molecular flexibility index (Phi) is 4.89. The maximum atomic E-state index is 12.6. The predicted molar refractivity (Wildman–Crippen MR) is 90.7 cm³/mol. The quantitative estimate of drug-likeness (QED) is 0.793. The Morgan fingerprint density at radius 2 is 1.87 bits per heavy atom. The standard InChI is InChI=1S/C18H22N2O3/c1-6-17(22)20(14-7-9-15(23-5)10-8-14)18-12(2)16(11-21)19(4)13(18)3/h7-11H,6H2,1-5H3. The van der Waals surface area contributed by atoms with Gasteiger partial charge >= 0.3 is 0 Å². The molecule has 122 valence electrons. The van der Waals surface area contributed by atoms with E-state index in [-0.39, 0.29) is 5.91 Å². The van der Waals surface area contributed by atoms with Gasteiger partial charge in [0.05, 0.1) is 18.5 Å². The zero-order valence-corrected chi connectivity index (χ0v) is 14.2. The van der Waals surface area contributed by atoms with E-state index in [0.29, 0.717) is 12.1 Å². The third-order valence-corrected chi connectivity index (χ3v) is 4.16. The average molecular weight is 314 g/mol. The largest absolute Gasteiger partial charge is 0.497 e. The molecule has 5 heteroatoms. The molecule has 1 aromatic heterocycles. The van der Waals surface area contributed by atoms with Crippen molar-refractivity contribution in [3.8, 4) is 5.75 Å². The lowest BCUT2D eigenvalue weighted by atomic mass is 10.1. The zero-order chi connectivity index (χ0) is 17.1. The molecule has 0 atom stereocenters. The number of nitrogens with zero attached hydrogens (tertiary/aromatic N) is 2. The van der Waals surface area contributed by atoms with Gasteiger partial charge in [-0.3, -0.25) is 14.5 Å². The summed E-state index contributed by atoms with van der Waals surface area (Å²) in [6.45, 7) is 5.60. The van der Waals surface area contributed by atoms with Crippen LogP contribution in [-0.2, 0) is 11.8 Å². The first-order valence-corrected chi connectivity index (χ1v) is 7.54. The van der Waals surface area contributed by atoms with Crippen LogP contribution in [0.25, 0.3) is 0 Å². The Morgan fingerprint density at radius 3 is 2.30 bits per heavy atom. The number of carbonyl (C=O) groups is 2. The molecular weight excluding hydrogens is 292 g/mol. The number of aromatic nitrogens is 1. The van der Waals surface area contributed by atoms with Gasteiger partial charge in [0.1, 0.15) is 5.75 Å². The second kappa shape index (κ2) is 6.69. The lowest BCUT2D eigenvalue weighted by Crippen LogP contribution is -2.26. The molecule has 0 N–H and O–H groups in total. The third kappa shape index (κ3) is 2.86. The van der Waals surface area contributed by atoms with Gasteiger partial charge in [-0.25, -0.2) is 0 Å². The average Bonchev–Trinajstić information content (AvgIpc) is 2.78. The van der Waals surface area contributed by atoms with E-state index in [4.69, 9.17) is 4.74 Å². The molecule has 0 aliphatic carbocycles. The SMILES string of the molecule is CCC(=O)N(c1ccc(OC)cc1)c1c(C)c(C=O)n(C)c1C. The van der Waals surface area contributed by atoms with Crippen molar-refractivity contribution >= 4 is 23.6 Å². The summed E-state index contributed by atoms with van der Waals surface area (Å²) in [5.74, 6) is 0.706. The maximum absolute atomic E-state index is 12.6. The highest BCUT2D eigenvalue weighted by molar-refractivity contribution is 6.02. The van der Waals surface area contributed by atoms with Crippen LogP contribution < -0.4 is 9.64 Å². The summed E-state index contributed by atoms with van der Waals surface area (Å²) >= 11 is 0. The first-order valence-electron chi connectivity index (χ1n) is 7.54. The monoisotopic (exact) mass is 314 g/mol. The van der Waals surface area contributed by atoms with Crippen LogP contribution >= 0.6 is 0 Å². The third-order valence-electron chi connectivity index (χ3n) is 4.16. The van der Waals surface area contributed by atoms with Gasteiger partial charge in [-0.05, 0) is 38.1 Å². The molecule has 23 heavy (non-hydrogen) atoms. The van der Waals surface area contributed by atoms with Crippen LogP contribution in [0.1, 0.15) is 35.1 Å². The van der Waals surface area contributed by atoms with Crippen LogP contribution in [-0.4, -0.2) is 23.9 Å². The molecular formula is C18H22N2O3. The number of hydrogen-bond donors (Lipinski definition) is 0. The lowest BCUT2D eigenvalue weighted by molar-refractivity contribution is -0.117. The van der Waals surface area contributed by atoms with Gasteiger partial charge in [0, 0.05) is 30.4 Å². The van der Waals surface area contributed by atoms with Crippen molar-refractivity contribution in [1.29, 1.82) is 0 Å². The molecule has 0 fully saturated rings. The van der Waals surface area contributed by atoms with Crippen LogP contribution in [0.4, 0.5) is 11.4 Å². The van der Waals surface area contributed by atoms with E-state index in [9.17, 15) is 9.59 Å². The Balaban J connectivity index is 2.64. The molecule has 5 nitrogen and oxygen atoms in total. The highest BCUT2D eigenvalue weighted by Gasteiger charge is 2.25. The summed E-state index contributed by atoms with van der Waals surface area (Å²) in [7, 11) is 3.43. The van der Waals surface area contributed by atoms with Crippen molar-refractivity contribution < 1.29 is 14.3 Å². The molecule has 2 aromatic rings. The van der Waals surface area contributed by atoms with Crippen molar-refractivity contribution in [2.75, 3.05) is 12.0 Å². The number of methoxy groups -OCH3 is 1. The van der Waals surface area contributed by atoms with Crippen molar-refractivity contribution in [1.82, 2.24) is 4.57 Å². The van der Waals surface area contributed by atoms with Gasteiger partial charge in [-0.2, -0.15) is 0 Å². The fourth-order valence-electron chi connectivity index (χ4n) is 2.77. The summed E-state index contributed by atoms with van der Waals surface area (Å²) in [5.41, 5.74) is 3.79. The molecule has 2 rings (SSSR count). The number of ether oxygens (including phenoxy) is 1. The molecule has 0 bridgehead atoms. The van der Waals surface area contributed by atoms with Gasteiger partial charge in [0.2, 0.25) is 5.91 Å². The Bertz CT molecular complexity index is 730. The van der Waals surface area contributed by atoms with E-state index >= 15 is 0 Å². The van der Waals surface area contributed by atoms with E-state index in [1.54, 1.807) is 12.0 Å². The molecule has 0 unspecified atom stereocenters. The molecule has 1 heterocycles. The molecule has 0 aliphatic rings. The van der Waals surface area contributed by atoms with Gasteiger partial charge in [0.25, 0.3) is 0 Å². The van der Waals surface area contributed by atoms with E-state index in [0.717, 1.165) is 34.7 Å². The number of carbonyl (C=O) groups excluding carboxylic acids is 2. The summed E-state index contributed by atoms with van der Waals surface area (Å²) < 4.78 is 6.99. The van der Waals surface area contributed by atoms with Gasteiger partial charge < -0.3 is 9.30 Å². The molecule has 0 saturated heterocycles. The molecule has 1 amide bonds. The predicted octanol–water partition coefficient (Wildman–Crippen LogP) is 3.54. The molecule has 0 radical (unpaired) electrons. The Morgan fingerprint density at radius 1 is 1.26 bits per heavy atom. The summed E-state index contributed by atoms with van der Waals surface area (Å²) in [6.07, 6.45) is 1.20. The van der Waals surface area contributed by atoms with Crippen LogP contribution in [0.3, 0.4) is 0 Å². The first kappa shape index (κ1) is 16.8. The van der Waals surface area contributed by atoms with Crippen molar-refractivity contribution in [2.45, 2.75) is 27.2 Å². The number of rotatable bonds is 5. The topological polar surface area (TPSA) is 51.5 Å². The van der Waals surface area contributed by atoms with E-state index < -0.39 is 0 Å². The lowest BCUT2D eigenvalue weighted by Gasteiger charge is -2.24. The van der Waals surface area contributed by atoms with Gasteiger partial charge in [-0.1, -0.05) is 6.92 Å². The molecule has 0 spiro atoms. The van der Waals surface area contributed by atoms with Crippen molar-refractivity contribution in [3.05, 3.63) is 41.2 Å². The summed E-state index contributed by atoms with van der Waals surface area (Å²) in [4.78, 5) is 25.6. The zero-order valence-electron chi connectivity index (χ0n) is 14.2. The Labute approximate surface area is 136 Å². The fourth-order valence-corrected chi connectivity index (χ4v) is 2.77. The summed E-state index contributed by atoms with van der Waals surface area (Å²) in [6, 6.07) is 7.33. The van der Waals surface area contributed by atoms with Crippen LogP contribution in [0.15, 0.2) is 24.3 Å². The van der Waals surface area contributed by atoms with E-state index in [2.05, 4.69) is 0 Å². The number of amides is 1. The van der Waals surface area contributed by atoms with Crippen molar-refractivity contribution in [3.63, 3.8) is 0 Å². The van der Waals surface area contributed by atoms with E-state index in [1.165, 1.54) is 0 Å². The molecule has 1 aromatic carbocycles. The minimum atomic E-state index is -0.0237. The first-order chi connectivity index (χ1) is 11.0. The number of aldehydes is 1.